The summed E-state index contributed by atoms with van der Waals surface area (Å²) in [5, 5.41) is 2.08. The number of carbonyl (C=O) groups is 1. The molecule has 7 heteroatoms. The van der Waals surface area contributed by atoms with Gasteiger partial charge in [-0.1, -0.05) is 13.0 Å². The van der Waals surface area contributed by atoms with Crippen molar-refractivity contribution in [2.75, 3.05) is 6.54 Å². The highest BCUT2D eigenvalue weighted by Crippen LogP contribution is 2.36. The lowest BCUT2D eigenvalue weighted by molar-refractivity contribution is 0.0657. The third-order valence-electron chi connectivity index (χ3n) is 5.03. The van der Waals surface area contributed by atoms with E-state index in [1.54, 1.807) is 29.5 Å². The predicted molar refractivity (Wildman–Crippen MR) is 102 cm³/mol. The van der Waals surface area contributed by atoms with Crippen molar-refractivity contribution in [3.05, 3.63) is 51.7 Å². The van der Waals surface area contributed by atoms with Crippen molar-refractivity contribution in [3.8, 4) is 0 Å². The van der Waals surface area contributed by atoms with Crippen LogP contribution in [0.1, 0.15) is 53.0 Å². The van der Waals surface area contributed by atoms with Crippen LogP contribution in [-0.2, 0) is 16.4 Å². The molecule has 4 rings (SSSR count). The molecule has 1 amide bonds. The Kier molecular flexibility index (Phi) is 4.62. The van der Waals surface area contributed by atoms with Gasteiger partial charge in [-0.15, -0.1) is 11.3 Å². The summed E-state index contributed by atoms with van der Waals surface area (Å²) in [6, 6.07) is 8.61. The van der Waals surface area contributed by atoms with Crippen LogP contribution in [-0.4, -0.2) is 31.8 Å². The fraction of sp³-hybridized carbons (Fsp3) is 0.421. The van der Waals surface area contributed by atoms with Crippen molar-refractivity contribution in [2.45, 2.75) is 49.6 Å². The third-order valence-corrected chi connectivity index (χ3v) is 7.55. The van der Waals surface area contributed by atoms with E-state index in [9.17, 15) is 13.2 Å². The highest BCUT2D eigenvalue weighted by Gasteiger charge is 2.32. The van der Waals surface area contributed by atoms with Gasteiger partial charge in [-0.2, -0.15) is 0 Å². The van der Waals surface area contributed by atoms with Gasteiger partial charge in [0.25, 0.3) is 5.91 Å². The molecule has 0 saturated heterocycles. The smallest absolute Gasteiger partial charge is 0.254 e. The van der Waals surface area contributed by atoms with Crippen LogP contribution in [0, 0.1) is 0 Å². The number of sulfonamides is 1. The Morgan fingerprint density at radius 2 is 2.12 bits per heavy atom. The molecule has 5 nitrogen and oxygen atoms in total. The fourth-order valence-electron chi connectivity index (χ4n) is 3.53. The SMILES string of the molecule is CCC1c2ccsc2CCN1C(=O)c1cccc(S(=O)(=O)NC2CC2)c1. The van der Waals surface area contributed by atoms with E-state index in [2.05, 4.69) is 23.1 Å². The van der Waals surface area contributed by atoms with Gasteiger partial charge in [0, 0.05) is 23.0 Å². The molecule has 1 aromatic heterocycles. The first-order valence-corrected chi connectivity index (χ1v) is 11.4. The van der Waals surface area contributed by atoms with E-state index < -0.39 is 10.0 Å². The average Bonchev–Trinajstić information content (AvgIpc) is 3.31. The summed E-state index contributed by atoms with van der Waals surface area (Å²) in [4.78, 5) is 16.5. The van der Waals surface area contributed by atoms with Crippen molar-refractivity contribution in [2.24, 2.45) is 0 Å². The Morgan fingerprint density at radius 3 is 2.85 bits per heavy atom. The summed E-state index contributed by atoms with van der Waals surface area (Å²) in [6.45, 7) is 2.75. The van der Waals surface area contributed by atoms with Crippen LogP contribution >= 0.6 is 11.3 Å². The Hall–Kier alpha value is -1.70. The maximum atomic E-state index is 13.1. The lowest BCUT2D eigenvalue weighted by atomic mass is 9.97. The van der Waals surface area contributed by atoms with Crippen LogP contribution in [0.3, 0.4) is 0 Å². The minimum absolute atomic E-state index is 0.0444. The highest BCUT2D eigenvalue weighted by molar-refractivity contribution is 7.89. The molecule has 1 aromatic carbocycles. The highest BCUT2D eigenvalue weighted by atomic mass is 32.2. The number of benzene rings is 1. The largest absolute Gasteiger partial charge is 0.331 e. The van der Waals surface area contributed by atoms with Gasteiger partial charge in [0.05, 0.1) is 10.9 Å². The average molecular weight is 391 g/mol. The molecule has 1 aliphatic carbocycles. The third kappa shape index (κ3) is 3.31. The monoisotopic (exact) mass is 390 g/mol. The van der Waals surface area contributed by atoms with E-state index in [0.29, 0.717) is 12.1 Å². The summed E-state index contributed by atoms with van der Waals surface area (Å²) in [6.07, 6.45) is 3.47. The Labute approximate surface area is 158 Å². The van der Waals surface area contributed by atoms with E-state index in [-0.39, 0.29) is 22.9 Å². The molecule has 0 radical (unpaired) electrons. The van der Waals surface area contributed by atoms with Gasteiger partial charge in [-0.05, 0) is 60.9 Å². The number of amides is 1. The Morgan fingerprint density at radius 1 is 1.31 bits per heavy atom. The molecule has 1 saturated carbocycles. The van der Waals surface area contributed by atoms with E-state index in [4.69, 9.17) is 0 Å². The second kappa shape index (κ2) is 6.79. The van der Waals surface area contributed by atoms with Crippen molar-refractivity contribution in [1.29, 1.82) is 0 Å². The molecule has 26 heavy (non-hydrogen) atoms. The first-order chi connectivity index (χ1) is 12.5. The predicted octanol–water partition coefficient (Wildman–Crippen LogP) is 3.34. The molecule has 1 N–H and O–H groups in total. The summed E-state index contributed by atoms with van der Waals surface area (Å²) in [5.74, 6) is -0.0998. The number of fused-ring (bicyclic) bond motifs is 1. The van der Waals surface area contributed by atoms with Gasteiger partial charge in [-0.3, -0.25) is 4.79 Å². The van der Waals surface area contributed by atoms with Gasteiger partial charge in [0.2, 0.25) is 10.0 Å². The van der Waals surface area contributed by atoms with Gasteiger partial charge < -0.3 is 4.90 Å². The zero-order chi connectivity index (χ0) is 18.3. The first-order valence-electron chi connectivity index (χ1n) is 8.99. The summed E-state index contributed by atoms with van der Waals surface area (Å²) >= 11 is 1.75. The van der Waals surface area contributed by atoms with E-state index >= 15 is 0 Å². The molecule has 1 atom stereocenters. The summed E-state index contributed by atoms with van der Waals surface area (Å²) in [7, 11) is -3.56. The summed E-state index contributed by atoms with van der Waals surface area (Å²) in [5.41, 5.74) is 1.66. The second-order valence-corrected chi connectivity index (χ2v) is 9.61. The van der Waals surface area contributed by atoms with E-state index in [0.717, 1.165) is 25.7 Å². The van der Waals surface area contributed by atoms with Gasteiger partial charge in [0.15, 0.2) is 0 Å². The molecular formula is C19H22N2O3S2. The minimum atomic E-state index is -3.56. The number of nitrogens with one attached hydrogen (secondary N) is 1. The van der Waals surface area contributed by atoms with Gasteiger partial charge in [-0.25, -0.2) is 13.1 Å². The molecular weight excluding hydrogens is 368 g/mol. The quantitative estimate of drug-likeness (QED) is 0.851. The van der Waals surface area contributed by atoms with Gasteiger partial charge >= 0.3 is 0 Å². The molecule has 2 aliphatic rings. The zero-order valence-corrected chi connectivity index (χ0v) is 16.3. The van der Waals surface area contributed by atoms with Crippen molar-refractivity contribution in [3.63, 3.8) is 0 Å². The molecule has 138 valence electrons. The summed E-state index contributed by atoms with van der Waals surface area (Å²) < 4.78 is 27.6. The van der Waals surface area contributed by atoms with Gasteiger partial charge in [0.1, 0.15) is 0 Å². The molecule has 2 heterocycles. The lowest BCUT2D eigenvalue weighted by Crippen LogP contribution is -2.39. The first kappa shape index (κ1) is 17.7. The van der Waals surface area contributed by atoms with Crippen LogP contribution in [0.15, 0.2) is 40.6 Å². The lowest BCUT2D eigenvalue weighted by Gasteiger charge is -2.35. The number of rotatable bonds is 5. The number of thiophene rings is 1. The molecule has 1 aliphatic heterocycles. The number of hydrogen-bond acceptors (Lipinski definition) is 4. The normalized spacial score (nSPS) is 20.0. The number of carbonyl (C=O) groups excluding carboxylic acids is 1. The Balaban J connectivity index is 1.61. The van der Waals surface area contributed by atoms with E-state index in [1.165, 1.54) is 16.5 Å². The van der Waals surface area contributed by atoms with Crippen LogP contribution < -0.4 is 4.72 Å². The number of hydrogen-bond donors (Lipinski definition) is 1. The van der Waals surface area contributed by atoms with Crippen LogP contribution in [0.25, 0.3) is 0 Å². The molecule has 1 unspecified atom stereocenters. The second-order valence-electron chi connectivity index (χ2n) is 6.90. The zero-order valence-electron chi connectivity index (χ0n) is 14.6. The standard InChI is InChI=1S/C19H22N2O3S2/c1-2-17-16-9-11-25-18(16)8-10-21(17)19(22)13-4-3-5-15(12-13)26(23,24)20-14-6-7-14/h3-5,9,11-12,14,17,20H,2,6-8,10H2,1H3. The van der Waals surface area contributed by atoms with Crippen LogP contribution in [0.2, 0.25) is 0 Å². The van der Waals surface area contributed by atoms with Crippen molar-refractivity contribution >= 4 is 27.3 Å². The topological polar surface area (TPSA) is 66.5 Å². The minimum Gasteiger partial charge on any atom is -0.331 e. The van der Waals surface area contributed by atoms with Crippen molar-refractivity contribution < 1.29 is 13.2 Å². The van der Waals surface area contributed by atoms with Crippen LogP contribution in [0.4, 0.5) is 0 Å². The van der Waals surface area contributed by atoms with Crippen molar-refractivity contribution in [1.82, 2.24) is 9.62 Å². The molecule has 0 spiro atoms. The maximum absolute atomic E-state index is 13.1. The molecule has 2 aromatic rings. The molecule has 1 fully saturated rings. The van der Waals surface area contributed by atoms with Crippen LogP contribution in [0.5, 0.6) is 0 Å². The molecule has 0 bridgehead atoms. The van der Waals surface area contributed by atoms with E-state index in [1.807, 2.05) is 4.90 Å². The fourth-order valence-corrected chi connectivity index (χ4v) is 5.81. The maximum Gasteiger partial charge on any atom is 0.254 e. The number of nitrogens with zero attached hydrogens (tertiary/aromatic N) is 1. The Bertz CT molecular complexity index is 932.